The largest absolute Gasteiger partial charge is 0.373 e. The van der Waals surface area contributed by atoms with E-state index < -0.39 is 0 Å². The Labute approximate surface area is 118 Å². The Bertz CT molecular complexity index is 561. The average molecular weight is 270 g/mol. The Hall–Kier alpha value is -2.43. The van der Waals surface area contributed by atoms with Gasteiger partial charge in [-0.3, -0.25) is 9.78 Å². The second-order valence-corrected chi connectivity index (χ2v) is 4.37. The average Bonchev–Trinajstić information content (AvgIpc) is 2.52. The number of hydrogen-bond donors (Lipinski definition) is 2. The van der Waals surface area contributed by atoms with Crippen LogP contribution >= 0.6 is 0 Å². The van der Waals surface area contributed by atoms with Crippen molar-refractivity contribution in [2.75, 3.05) is 12.4 Å². The van der Waals surface area contributed by atoms with Crippen molar-refractivity contribution >= 4 is 11.7 Å². The zero-order chi connectivity index (χ0) is 14.4. The third-order valence-corrected chi connectivity index (χ3v) is 2.96. The van der Waals surface area contributed by atoms with Crippen molar-refractivity contribution in [2.24, 2.45) is 0 Å². The van der Waals surface area contributed by atoms with Crippen LogP contribution in [0.25, 0.3) is 0 Å². The number of carbonyl (C=O) groups excluding carboxylic acids is 1. The Balaban J connectivity index is 2.08. The highest BCUT2D eigenvalue weighted by atomic mass is 16.1. The lowest BCUT2D eigenvalue weighted by Gasteiger charge is -2.08. The van der Waals surface area contributed by atoms with Crippen LogP contribution in [0.15, 0.2) is 36.7 Å². The maximum absolute atomic E-state index is 12.2. The van der Waals surface area contributed by atoms with Gasteiger partial charge in [-0.1, -0.05) is 6.92 Å². The number of rotatable bonds is 5. The molecule has 5 heteroatoms. The lowest BCUT2D eigenvalue weighted by Crippen LogP contribution is -2.23. The number of aromatic nitrogens is 2. The maximum Gasteiger partial charge on any atom is 0.251 e. The number of amides is 1. The second kappa shape index (κ2) is 6.65. The number of aryl methyl sites for hydroxylation is 1. The van der Waals surface area contributed by atoms with Gasteiger partial charge in [0.2, 0.25) is 0 Å². The van der Waals surface area contributed by atoms with Crippen molar-refractivity contribution < 1.29 is 4.79 Å². The second-order valence-electron chi connectivity index (χ2n) is 4.37. The van der Waals surface area contributed by atoms with Gasteiger partial charge in [-0.25, -0.2) is 4.98 Å². The summed E-state index contributed by atoms with van der Waals surface area (Å²) in [5.74, 6) is 0.605. The molecule has 0 aliphatic heterocycles. The molecule has 2 aromatic rings. The van der Waals surface area contributed by atoms with Crippen molar-refractivity contribution in [1.82, 2.24) is 15.3 Å². The minimum Gasteiger partial charge on any atom is -0.373 e. The predicted octanol–water partition coefficient (Wildman–Crippen LogP) is 2.01. The summed E-state index contributed by atoms with van der Waals surface area (Å²) in [7, 11) is 1.79. The van der Waals surface area contributed by atoms with Crippen molar-refractivity contribution in [3.63, 3.8) is 0 Å². The minimum atomic E-state index is -0.101. The smallest absolute Gasteiger partial charge is 0.251 e. The number of carbonyl (C=O) groups is 1. The summed E-state index contributed by atoms with van der Waals surface area (Å²) >= 11 is 0. The van der Waals surface area contributed by atoms with Gasteiger partial charge in [0.25, 0.3) is 5.91 Å². The van der Waals surface area contributed by atoms with E-state index in [0.29, 0.717) is 17.9 Å². The van der Waals surface area contributed by atoms with Gasteiger partial charge < -0.3 is 10.6 Å². The van der Waals surface area contributed by atoms with E-state index in [4.69, 9.17) is 0 Å². The highest BCUT2D eigenvalue weighted by Crippen LogP contribution is 2.11. The Morgan fingerprint density at radius 3 is 2.65 bits per heavy atom. The molecule has 0 atom stereocenters. The number of pyridine rings is 2. The first kappa shape index (κ1) is 14.0. The monoisotopic (exact) mass is 270 g/mol. The molecule has 0 saturated heterocycles. The molecule has 0 spiro atoms. The first-order valence-electron chi connectivity index (χ1n) is 6.58. The Morgan fingerprint density at radius 1 is 1.25 bits per heavy atom. The standard InChI is InChI=1S/C15H18N4O/c1-3-13-8-12(9-14(16-2)19-13)15(20)18-10-11-4-6-17-7-5-11/h4-9H,3,10H2,1-2H3,(H,16,19)(H,18,20). The first-order chi connectivity index (χ1) is 9.72. The van der Waals surface area contributed by atoms with Gasteiger partial charge in [0.05, 0.1) is 0 Å². The summed E-state index contributed by atoms with van der Waals surface area (Å²) < 4.78 is 0. The molecule has 1 amide bonds. The molecular formula is C15H18N4O. The minimum absolute atomic E-state index is 0.101. The highest BCUT2D eigenvalue weighted by Gasteiger charge is 2.08. The van der Waals surface area contributed by atoms with Gasteiger partial charge in [0.15, 0.2) is 0 Å². The van der Waals surface area contributed by atoms with Crippen LogP contribution in [0.4, 0.5) is 5.82 Å². The molecule has 0 fully saturated rings. The molecule has 2 N–H and O–H groups in total. The van der Waals surface area contributed by atoms with E-state index in [1.54, 1.807) is 25.5 Å². The third kappa shape index (κ3) is 3.54. The van der Waals surface area contributed by atoms with E-state index in [1.165, 1.54) is 0 Å². The van der Waals surface area contributed by atoms with Crippen molar-refractivity contribution in [3.05, 3.63) is 53.5 Å². The van der Waals surface area contributed by atoms with Crippen LogP contribution in [0, 0.1) is 0 Å². The van der Waals surface area contributed by atoms with Crippen LogP contribution in [-0.4, -0.2) is 22.9 Å². The van der Waals surface area contributed by atoms with Gasteiger partial charge in [-0.05, 0) is 36.2 Å². The van der Waals surface area contributed by atoms with E-state index in [9.17, 15) is 4.79 Å². The zero-order valence-corrected chi connectivity index (χ0v) is 11.7. The van der Waals surface area contributed by atoms with Gasteiger partial charge in [0, 0.05) is 37.2 Å². The van der Waals surface area contributed by atoms with Crippen molar-refractivity contribution in [3.8, 4) is 0 Å². The maximum atomic E-state index is 12.2. The fourth-order valence-corrected chi connectivity index (χ4v) is 1.81. The van der Waals surface area contributed by atoms with Crippen LogP contribution in [0.3, 0.4) is 0 Å². The molecule has 2 rings (SSSR count). The summed E-state index contributed by atoms with van der Waals surface area (Å²) in [6, 6.07) is 7.33. The van der Waals surface area contributed by atoms with Gasteiger partial charge in [-0.2, -0.15) is 0 Å². The van der Waals surface area contributed by atoms with Crippen molar-refractivity contribution in [1.29, 1.82) is 0 Å². The van der Waals surface area contributed by atoms with Crippen LogP contribution in [0.5, 0.6) is 0 Å². The molecule has 104 valence electrons. The van der Waals surface area contributed by atoms with Crippen LogP contribution in [-0.2, 0) is 13.0 Å². The summed E-state index contributed by atoms with van der Waals surface area (Å²) in [6.07, 6.45) is 4.21. The lowest BCUT2D eigenvalue weighted by atomic mass is 10.1. The van der Waals surface area contributed by atoms with Crippen LogP contribution in [0.1, 0.15) is 28.5 Å². The topological polar surface area (TPSA) is 66.9 Å². The molecule has 0 aliphatic rings. The SMILES string of the molecule is CCc1cc(C(=O)NCc2ccncc2)cc(NC)n1. The molecule has 2 aromatic heterocycles. The predicted molar refractivity (Wildman–Crippen MR) is 78.6 cm³/mol. The number of hydrogen-bond acceptors (Lipinski definition) is 4. The number of nitrogens with zero attached hydrogens (tertiary/aromatic N) is 2. The molecule has 0 saturated carbocycles. The van der Waals surface area contributed by atoms with Gasteiger partial charge in [0.1, 0.15) is 5.82 Å². The molecule has 0 aliphatic carbocycles. The van der Waals surface area contributed by atoms with E-state index in [0.717, 1.165) is 17.7 Å². The number of nitrogens with one attached hydrogen (secondary N) is 2. The third-order valence-electron chi connectivity index (χ3n) is 2.96. The molecule has 0 unspecified atom stereocenters. The highest BCUT2D eigenvalue weighted by molar-refractivity contribution is 5.94. The van der Waals surface area contributed by atoms with E-state index in [-0.39, 0.29) is 5.91 Å². The molecule has 0 radical (unpaired) electrons. The van der Waals surface area contributed by atoms with E-state index in [2.05, 4.69) is 20.6 Å². The fourth-order valence-electron chi connectivity index (χ4n) is 1.81. The Morgan fingerprint density at radius 2 is 2.00 bits per heavy atom. The Kier molecular flexibility index (Phi) is 4.65. The van der Waals surface area contributed by atoms with E-state index in [1.807, 2.05) is 25.1 Å². The fraction of sp³-hybridized carbons (Fsp3) is 0.267. The van der Waals surface area contributed by atoms with Gasteiger partial charge >= 0.3 is 0 Å². The van der Waals surface area contributed by atoms with Gasteiger partial charge in [-0.15, -0.1) is 0 Å². The van der Waals surface area contributed by atoms with Crippen LogP contribution < -0.4 is 10.6 Å². The molecule has 5 nitrogen and oxygen atoms in total. The molecule has 0 aromatic carbocycles. The molecule has 2 heterocycles. The molecule has 0 bridgehead atoms. The van der Waals surface area contributed by atoms with E-state index >= 15 is 0 Å². The molecular weight excluding hydrogens is 252 g/mol. The molecule has 20 heavy (non-hydrogen) atoms. The summed E-state index contributed by atoms with van der Waals surface area (Å²) in [5.41, 5.74) is 2.54. The van der Waals surface area contributed by atoms with Crippen LogP contribution in [0.2, 0.25) is 0 Å². The quantitative estimate of drug-likeness (QED) is 0.872. The van der Waals surface area contributed by atoms with Crippen molar-refractivity contribution in [2.45, 2.75) is 19.9 Å². The summed E-state index contributed by atoms with van der Waals surface area (Å²) in [5, 5.41) is 5.87. The lowest BCUT2D eigenvalue weighted by molar-refractivity contribution is 0.0950. The summed E-state index contributed by atoms with van der Waals surface area (Å²) in [4.78, 5) is 20.5. The number of anilines is 1. The normalized spacial score (nSPS) is 10.1. The summed E-state index contributed by atoms with van der Waals surface area (Å²) in [6.45, 7) is 2.50. The first-order valence-corrected chi connectivity index (χ1v) is 6.58. The zero-order valence-electron chi connectivity index (χ0n) is 11.7.